The summed E-state index contributed by atoms with van der Waals surface area (Å²) in [6, 6.07) is 5.64. The van der Waals surface area contributed by atoms with Gasteiger partial charge in [0.25, 0.3) is 0 Å². The van der Waals surface area contributed by atoms with Crippen molar-refractivity contribution < 1.29 is 19.1 Å². The second-order valence-electron chi connectivity index (χ2n) is 6.03. The molecule has 0 aliphatic heterocycles. The van der Waals surface area contributed by atoms with E-state index in [1.165, 1.54) is 6.92 Å². The van der Waals surface area contributed by atoms with Crippen molar-refractivity contribution in [3.8, 4) is 11.5 Å². The van der Waals surface area contributed by atoms with Crippen LogP contribution in [0.2, 0.25) is 0 Å². The molecular formula is C18H29N3O4. The number of hydrogen-bond donors (Lipinski definition) is 1. The predicted molar refractivity (Wildman–Crippen MR) is 97.1 cm³/mol. The molecule has 7 nitrogen and oxygen atoms in total. The van der Waals surface area contributed by atoms with E-state index in [4.69, 9.17) is 9.47 Å². The Morgan fingerprint density at radius 1 is 1.08 bits per heavy atom. The van der Waals surface area contributed by atoms with E-state index in [1.54, 1.807) is 19.1 Å². The second-order valence-corrected chi connectivity index (χ2v) is 6.03. The Kier molecular flexibility index (Phi) is 8.77. The Balaban J connectivity index is 2.58. The van der Waals surface area contributed by atoms with Crippen LogP contribution in [0.25, 0.3) is 0 Å². The summed E-state index contributed by atoms with van der Waals surface area (Å²) < 4.78 is 10.5. The molecule has 0 radical (unpaired) electrons. The van der Waals surface area contributed by atoms with Gasteiger partial charge < -0.3 is 24.6 Å². The third kappa shape index (κ3) is 7.43. The number of rotatable bonds is 10. The summed E-state index contributed by atoms with van der Waals surface area (Å²) >= 11 is 0. The van der Waals surface area contributed by atoms with Gasteiger partial charge in [-0.25, -0.2) is 0 Å². The van der Waals surface area contributed by atoms with Crippen LogP contribution >= 0.6 is 0 Å². The Morgan fingerprint density at radius 2 is 1.76 bits per heavy atom. The molecule has 1 aromatic carbocycles. The molecule has 140 valence electrons. The van der Waals surface area contributed by atoms with Crippen LogP contribution in [0.15, 0.2) is 18.2 Å². The van der Waals surface area contributed by atoms with Crippen molar-refractivity contribution >= 4 is 11.8 Å². The highest BCUT2D eigenvalue weighted by molar-refractivity contribution is 5.83. The second kappa shape index (κ2) is 10.6. The van der Waals surface area contributed by atoms with Gasteiger partial charge in [0.2, 0.25) is 11.8 Å². The summed E-state index contributed by atoms with van der Waals surface area (Å²) in [6.07, 6.45) is 0.630. The van der Waals surface area contributed by atoms with E-state index in [2.05, 4.69) is 5.32 Å². The molecule has 0 aromatic heterocycles. The molecule has 0 saturated heterocycles. The highest BCUT2D eigenvalue weighted by Gasteiger charge is 2.14. The highest BCUT2D eigenvalue weighted by atomic mass is 16.5. The molecule has 1 rings (SSSR count). The fourth-order valence-electron chi connectivity index (χ4n) is 2.30. The van der Waals surface area contributed by atoms with Gasteiger partial charge in [-0.1, -0.05) is 6.07 Å². The van der Waals surface area contributed by atoms with Crippen molar-refractivity contribution in [1.82, 2.24) is 15.1 Å². The molecule has 0 aliphatic carbocycles. The van der Waals surface area contributed by atoms with Crippen molar-refractivity contribution in [2.24, 2.45) is 0 Å². The molecule has 1 N–H and O–H groups in total. The van der Waals surface area contributed by atoms with E-state index in [0.29, 0.717) is 31.0 Å². The Morgan fingerprint density at radius 3 is 2.32 bits per heavy atom. The van der Waals surface area contributed by atoms with Crippen LogP contribution in [-0.2, 0) is 16.0 Å². The summed E-state index contributed by atoms with van der Waals surface area (Å²) in [5, 5.41) is 2.82. The Bertz CT molecular complexity index is 575. The van der Waals surface area contributed by atoms with Gasteiger partial charge in [0.15, 0.2) is 11.5 Å². The molecule has 0 atom stereocenters. The number of benzene rings is 1. The summed E-state index contributed by atoms with van der Waals surface area (Å²) in [5.41, 5.74) is 1.01. The molecule has 0 aliphatic rings. The molecule has 0 saturated carbocycles. The van der Waals surface area contributed by atoms with E-state index in [1.807, 2.05) is 37.2 Å². The molecule has 0 fully saturated rings. The number of methoxy groups -OCH3 is 2. The van der Waals surface area contributed by atoms with E-state index in [-0.39, 0.29) is 18.4 Å². The normalized spacial score (nSPS) is 10.5. The summed E-state index contributed by atoms with van der Waals surface area (Å²) in [6.45, 7) is 3.33. The minimum Gasteiger partial charge on any atom is -0.493 e. The maximum atomic E-state index is 12.0. The quantitative estimate of drug-likeness (QED) is 0.674. The standard InChI is InChI=1S/C18H29N3O4/c1-14(22)21(13-18(23)19-9-11-20(2)3)10-8-15-6-7-16(24-4)17(12-15)25-5/h6-7,12H,8-11,13H2,1-5H3,(H,19,23). The van der Waals surface area contributed by atoms with Crippen LogP contribution in [0.3, 0.4) is 0 Å². The van der Waals surface area contributed by atoms with Crippen LogP contribution in [-0.4, -0.2) is 76.1 Å². The minimum absolute atomic E-state index is 0.0655. The number of nitrogens with one attached hydrogen (secondary N) is 1. The summed E-state index contributed by atoms with van der Waals surface area (Å²) in [5.74, 6) is 1.04. The molecule has 1 aromatic rings. The first-order chi connectivity index (χ1) is 11.9. The zero-order chi connectivity index (χ0) is 18.8. The number of ether oxygens (including phenoxy) is 2. The first-order valence-electron chi connectivity index (χ1n) is 8.25. The van der Waals surface area contributed by atoms with E-state index in [0.717, 1.165) is 12.1 Å². The number of carbonyl (C=O) groups excluding carboxylic acids is 2. The summed E-state index contributed by atoms with van der Waals surface area (Å²) in [4.78, 5) is 27.3. The van der Waals surface area contributed by atoms with Crippen LogP contribution < -0.4 is 14.8 Å². The average molecular weight is 351 g/mol. The van der Waals surface area contributed by atoms with Crippen molar-refractivity contribution in [1.29, 1.82) is 0 Å². The number of likely N-dealkylation sites (N-methyl/N-ethyl adjacent to an activating group) is 1. The average Bonchev–Trinajstić information content (AvgIpc) is 2.57. The molecule has 7 heteroatoms. The molecule has 0 bridgehead atoms. The van der Waals surface area contributed by atoms with Crippen molar-refractivity contribution in [2.45, 2.75) is 13.3 Å². The SMILES string of the molecule is COc1ccc(CCN(CC(=O)NCCN(C)C)C(C)=O)cc1OC. The molecule has 0 heterocycles. The van der Waals surface area contributed by atoms with E-state index < -0.39 is 0 Å². The number of hydrogen-bond acceptors (Lipinski definition) is 5. The van der Waals surface area contributed by atoms with Crippen molar-refractivity contribution in [2.75, 3.05) is 54.5 Å². The lowest BCUT2D eigenvalue weighted by Crippen LogP contribution is -2.42. The van der Waals surface area contributed by atoms with Gasteiger partial charge in [-0.15, -0.1) is 0 Å². The van der Waals surface area contributed by atoms with Gasteiger partial charge in [0.05, 0.1) is 20.8 Å². The van der Waals surface area contributed by atoms with Crippen LogP contribution in [0.1, 0.15) is 12.5 Å². The maximum Gasteiger partial charge on any atom is 0.239 e. The molecule has 25 heavy (non-hydrogen) atoms. The number of nitrogens with zero attached hydrogens (tertiary/aromatic N) is 2. The largest absolute Gasteiger partial charge is 0.493 e. The highest BCUT2D eigenvalue weighted by Crippen LogP contribution is 2.27. The monoisotopic (exact) mass is 351 g/mol. The predicted octanol–water partition coefficient (Wildman–Crippen LogP) is 0.773. The van der Waals surface area contributed by atoms with E-state index in [9.17, 15) is 9.59 Å². The van der Waals surface area contributed by atoms with Gasteiger partial charge >= 0.3 is 0 Å². The van der Waals surface area contributed by atoms with Crippen LogP contribution in [0.5, 0.6) is 11.5 Å². The van der Waals surface area contributed by atoms with E-state index >= 15 is 0 Å². The smallest absolute Gasteiger partial charge is 0.239 e. The third-order valence-electron chi connectivity index (χ3n) is 3.78. The van der Waals surface area contributed by atoms with Gasteiger partial charge in [-0.2, -0.15) is 0 Å². The molecule has 2 amide bonds. The van der Waals surface area contributed by atoms with Crippen LogP contribution in [0.4, 0.5) is 0 Å². The van der Waals surface area contributed by atoms with Crippen molar-refractivity contribution in [3.05, 3.63) is 23.8 Å². The zero-order valence-corrected chi connectivity index (χ0v) is 15.8. The third-order valence-corrected chi connectivity index (χ3v) is 3.78. The van der Waals surface area contributed by atoms with Crippen LogP contribution in [0, 0.1) is 0 Å². The van der Waals surface area contributed by atoms with Gasteiger partial charge in [0, 0.05) is 26.6 Å². The van der Waals surface area contributed by atoms with Gasteiger partial charge in [0.1, 0.15) is 0 Å². The van der Waals surface area contributed by atoms with Gasteiger partial charge in [-0.3, -0.25) is 9.59 Å². The lowest BCUT2D eigenvalue weighted by Gasteiger charge is -2.21. The zero-order valence-electron chi connectivity index (χ0n) is 15.8. The molecular weight excluding hydrogens is 322 g/mol. The first-order valence-corrected chi connectivity index (χ1v) is 8.25. The lowest BCUT2D eigenvalue weighted by molar-refractivity contribution is -0.134. The Labute approximate surface area is 149 Å². The van der Waals surface area contributed by atoms with Gasteiger partial charge in [-0.05, 0) is 38.2 Å². The summed E-state index contributed by atoms with van der Waals surface area (Å²) in [7, 11) is 7.06. The topological polar surface area (TPSA) is 71.1 Å². The molecule has 0 unspecified atom stereocenters. The fourth-order valence-corrected chi connectivity index (χ4v) is 2.30. The maximum absolute atomic E-state index is 12.0. The fraction of sp³-hybridized carbons (Fsp3) is 0.556. The lowest BCUT2D eigenvalue weighted by atomic mass is 10.1. The first kappa shape index (κ1) is 20.8. The Hall–Kier alpha value is -2.28. The number of carbonyl (C=O) groups is 2. The van der Waals surface area contributed by atoms with Crippen molar-refractivity contribution in [3.63, 3.8) is 0 Å². The number of amides is 2. The molecule has 0 spiro atoms. The minimum atomic E-state index is -0.149.